The van der Waals surface area contributed by atoms with Gasteiger partial charge in [-0.15, -0.1) is 0 Å². The Morgan fingerprint density at radius 2 is 1.71 bits per heavy atom. The van der Waals surface area contributed by atoms with Crippen LogP contribution in [0, 0.1) is 11.3 Å². The van der Waals surface area contributed by atoms with Gasteiger partial charge in [0.15, 0.2) is 0 Å². The van der Waals surface area contributed by atoms with Crippen molar-refractivity contribution in [2.24, 2.45) is 11.3 Å². The summed E-state index contributed by atoms with van der Waals surface area (Å²) in [7, 11) is 0. The zero-order valence-corrected chi connectivity index (χ0v) is 10.1. The Bertz CT molecular complexity index is 369. The predicted octanol–water partition coefficient (Wildman–Crippen LogP) is 0.364. The lowest BCUT2D eigenvalue weighted by molar-refractivity contribution is -0.148. The van der Waals surface area contributed by atoms with Crippen LogP contribution >= 0.6 is 0 Å². The Morgan fingerprint density at radius 1 is 1.24 bits per heavy atom. The fraction of sp³-hybridized carbons (Fsp3) is 0.636. The van der Waals surface area contributed by atoms with Gasteiger partial charge in [0, 0.05) is 6.42 Å². The third-order valence-corrected chi connectivity index (χ3v) is 3.26. The molecule has 0 saturated carbocycles. The Hall–Kier alpha value is -1.72. The van der Waals surface area contributed by atoms with E-state index in [1.54, 1.807) is 13.8 Å². The minimum atomic E-state index is -1.33. The molecule has 94 valence electrons. The van der Waals surface area contributed by atoms with Crippen LogP contribution in [0.4, 0.5) is 4.79 Å². The lowest BCUT2D eigenvalue weighted by Crippen LogP contribution is -2.64. The third-order valence-electron chi connectivity index (χ3n) is 3.26. The van der Waals surface area contributed by atoms with Gasteiger partial charge in [0.1, 0.15) is 11.2 Å². The van der Waals surface area contributed by atoms with Crippen LogP contribution < -0.4 is 10.6 Å². The number of urea groups is 1. The number of rotatable bonds is 4. The lowest BCUT2D eigenvalue weighted by Gasteiger charge is -2.37. The first kappa shape index (κ1) is 13.3. The number of hydrogen-bond donors (Lipinski definition) is 2. The number of imide groups is 2. The molecule has 1 saturated heterocycles. The zero-order valence-electron chi connectivity index (χ0n) is 10.1. The summed E-state index contributed by atoms with van der Waals surface area (Å²) in [5.74, 6) is -1.79. The van der Waals surface area contributed by atoms with Gasteiger partial charge in [0.05, 0.1) is 0 Å². The molecule has 0 bridgehead atoms. The van der Waals surface area contributed by atoms with Crippen molar-refractivity contribution in [2.45, 2.75) is 33.6 Å². The van der Waals surface area contributed by atoms with Crippen molar-refractivity contribution in [3.05, 3.63) is 0 Å². The van der Waals surface area contributed by atoms with E-state index in [0.29, 0.717) is 0 Å². The van der Waals surface area contributed by atoms with E-state index in [4.69, 9.17) is 0 Å². The van der Waals surface area contributed by atoms with Crippen LogP contribution in [-0.4, -0.2) is 23.6 Å². The van der Waals surface area contributed by atoms with Crippen LogP contribution in [0.3, 0.4) is 0 Å². The standard InChI is InChI=1S/C11H16N2O4/c1-4-11(6(2)5-7(3)14)8(15)12-10(17)13-9(11)16/h6H,4-5H2,1-3H3,(H2,12,13,15,16,17). The molecule has 1 aliphatic heterocycles. The molecule has 0 aromatic carbocycles. The molecule has 1 rings (SSSR count). The number of nitrogens with one attached hydrogen (secondary N) is 2. The molecular weight excluding hydrogens is 224 g/mol. The number of hydrogen-bond acceptors (Lipinski definition) is 4. The first-order valence-electron chi connectivity index (χ1n) is 5.50. The maximum Gasteiger partial charge on any atom is 0.328 e. The molecule has 1 aliphatic rings. The molecule has 0 aliphatic carbocycles. The highest BCUT2D eigenvalue weighted by atomic mass is 16.2. The Balaban J connectivity index is 3.08. The van der Waals surface area contributed by atoms with Crippen LogP contribution in [0.5, 0.6) is 0 Å². The molecule has 0 aromatic rings. The van der Waals surface area contributed by atoms with Crippen molar-refractivity contribution in [3.63, 3.8) is 0 Å². The summed E-state index contributed by atoms with van der Waals surface area (Å²) < 4.78 is 0. The van der Waals surface area contributed by atoms with Crippen molar-refractivity contribution in [3.8, 4) is 0 Å². The first-order valence-corrected chi connectivity index (χ1v) is 5.50. The Morgan fingerprint density at radius 3 is 2.06 bits per heavy atom. The SMILES string of the molecule is CCC1(C(C)CC(C)=O)C(=O)NC(=O)NC1=O. The van der Waals surface area contributed by atoms with Gasteiger partial charge in [-0.3, -0.25) is 20.2 Å². The molecule has 1 unspecified atom stereocenters. The molecule has 1 fully saturated rings. The highest BCUT2D eigenvalue weighted by molar-refractivity contribution is 6.19. The van der Waals surface area contributed by atoms with E-state index in [1.807, 2.05) is 0 Å². The molecule has 1 atom stereocenters. The van der Waals surface area contributed by atoms with Crippen molar-refractivity contribution < 1.29 is 19.2 Å². The van der Waals surface area contributed by atoms with Gasteiger partial charge >= 0.3 is 6.03 Å². The highest BCUT2D eigenvalue weighted by Crippen LogP contribution is 2.36. The van der Waals surface area contributed by atoms with Gasteiger partial charge in [0.2, 0.25) is 11.8 Å². The van der Waals surface area contributed by atoms with Crippen LogP contribution in [-0.2, 0) is 14.4 Å². The Kier molecular flexibility index (Phi) is 3.65. The van der Waals surface area contributed by atoms with E-state index < -0.39 is 29.2 Å². The number of carbonyl (C=O) groups is 4. The van der Waals surface area contributed by atoms with Gasteiger partial charge < -0.3 is 4.79 Å². The molecule has 0 aromatic heterocycles. The maximum atomic E-state index is 11.9. The smallest absolute Gasteiger partial charge is 0.300 e. The number of amides is 4. The van der Waals surface area contributed by atoms with E-state index in [2.05, 4.69) is 10.6 Å². The number of Topliss-reactive ketones (excluding diaryl/α,β-unsaturated/α-hetero) is 1. The average molecular weight is 240 g/mol. The van der Waals surface area contributed by atoms with Crippen LogP contribution in [0.1, 0.15) is 33.6 Å². The fourth-order valence-electron chi connectivity index (χ4n) is 2.29. The molecule has 0 spiro atoms. The largest absolute Gasteiger partial charge is 0.328 e. The maximum absolute atomic E-state index is 11.9. The Labute approximate surface area is 99.1 Å². The number of barbiturate groups is 1. The summed E-state index contributed by atoms with van der Waals surface area (Å²) in [4.78, 5) is 45.9. The van der Waals surface area contributed by atoms with E-state index in [0.717, 1.165) is 0 Å². The minimum absolute atomic E-state index is 0.0946. The van der Waals surface area contributed by atoms with Crippen molar-refractivity contribution >= 4 is 23.6 Å². The van der Waals surface area contributed by atoms with Gasteiger partial charge in [-0.05, 0) is 19.3 Å². The molecule has 1 heterocycles. The molecule has 0 radical (unpaired) electrons. The fourth-order valence-corrected chi connectivity index (χ4v) is 2.29. The highest BCUT2D eigenvalue weighted by Gasteiger charge is 2.52. The second-order valence-corrected chi connectivity index (χ2v) is 4.37. The van der Waals surface area contributed by atoms with Gasteiger partial charge in [-0.1, -0.05) is 13.8 Å². The molecular formula is C11H16N2O4. The molecule has 6 heteroatoms. The number of ketones is 1. The number of carbonyl (C=O) groups excluding carboxylic acids is 4. The average Bonchev–Trinajstić information content (AvgIpc) is 2.16. The van der Waals surface area contributed by atoms with Crippen LogP contribution in [0.15, 0.2) is 0 Å². The predicted molar refractivity (Wildman–Crippen MR) is 58.9 cm³/mol. The monoisotopic (exact) mass is 240 g/mol. The summed E-state index contributed by atoms with van der Waals surface area (Å²) in [6, 6.07) is -0.806. The van der Waals surface area contributed by atoms with Crippen LogP contribution in [0.2, 0.25) is 0 Å². The summed E-state index contributed by atoms with van der Waals surface area (Å²) in [6.45, 7) is 4.76. The minimum Gasteiger partial charge on any atom is -0.300 e. The summed E-state index contributed by atoms with van der Waals surface area (Å²) in [5.41, 5.74) is -1.33. The first-order chi connectivity index (χ1) is 7.84. The molecule has 4 amide bonds. The van der Waals surface area contributed by atoms with Crippen LogP contribution in [0.25, 0.3) is 0 Å². The lowest BCUT2D eigenvalue weighted by atomic mass is 9.70. The summed E-state index contributed by atoms with van der Waals surface area (Å²) in [5, 5.41) is 4.17. The molecule has 2 N–H and O–H groups in total. The van der Waals surface area contributed by atoms with Crippen molar-refractivity contribution in [1.29, 1.82) is 0 Å². The van der Waals surface area contributed by atoms with Gasteiger partial charge in [-0.25, -0.2) is 4.79 Å². The molecule has 17 heavy (non-hydrogen) atoms. The van der Waals surface area contributed by atoms with E-state index in [1.165, 1.54) is 6.92 Å². The van der Waals surface area contributed by atoms with E-state index in [-0.39, 0.29) is 18.6 Å². The third kappa shape index (κ3) is 2.20. The quantitative estimate of drug-likeness (QED) is 0.694. The summed E-state index contributed by atoms with van der Waals surface area (Å²) in [6.07, 6.45) is 0.370. The van der Waals surface area contributed by atoms with Gasteiger partial charge in [-0.2, -0.15) is 0 Å². The van der Waals surface area contributed by atoms with E-state index in [9.17, 15) is 19.2 Å². The zero-order chi connectivity index (χ0) is 13.2. The van der Waals surface area contributed by atoms with E-state index >= 15 is 0 Å². The molecule has 6 nitrogen and oxygen atoms in total. The summed E-state index contributed by atoms with van der Waals surface area (Å²) >= 11 is 0. The second-order valence-electron chi connectivity index (χ2n) is 4.37. The van der Waals surface area contributed by atoms with Crippen molar-refractivity contribution in [2.75, 3.05) is 0 Å². The van der Waals surface area contributed by atoms with Gasteiger partial charge in [0.25, 0.3) is 0 Å². The normalized spacial score (nSPS) is 20.5. The topological polar surface area (TPSA) is 92.3 Å². The second kappa shape index (κ2) is 4.65. The van der Waals surface area contributed by atoms with Crippen molar-refractivity contribution in [1.82, 2.24) is 10.6 Å².